The van der Waals surface area contributed by atoms with Crippen LogP contribution in [0.5, 0.6) is 0 Å². The molecule has 1 aliphatic heterocycles. The molecule has 1 heterocycles. The highest BCUT2D eigenvalue weighted by molar-refractivity contribution is 5.60. The predicted molar refractivity (Wildman–Crippen MR) is 84.2 cm³/mol. The normalized spacial score (nSPS) is 20.3. The highest BCUT2D eigenvalue weighted by atomic mass is 16.6. The minimum Gasteiger partial charge on any atom is -0.382 e. The maximum Gasteiger partial charge on any atom is 0.211 e. The van der Waals surface area contributed by atoms with Gasteiger partial charge < -0.3 is 4.74 Å². The van der Waals surface area contributed by atoms with E-state index in [1.165, 1.54) is 12.8 Å². The van der Waals surface area contributed by atoms with Crippen molar-refractivity contribution in [2.45, 2.75) is 57.9 Å². The number of hydrogen-bond donors (Lipinski definition) is 0. The molecule has 122 valence electrons. The topological polar surface area (TPSA) is 68.0 Å². The number of hydrazone groups is 1. The smallest absolute Gasteiger partial charge is 0.211 e. The van der Waals surface area contributed by atoms with E-state index in [-0.39, 0.29) is 17.4 Å². The van der Waals surface area contributed by atoms with Crippen LogP contribution in [0, 0.1) is 16.0 Å². The van der Waals surface area contributed by atoms with Gasteiger partial charge in [0.05, 0.1) is 18.6 Å². The van der Waals surface area contributed by atoms with E-state index in [4.69, 9.17) is 4.74 Å². The molecule has 0 bridgehead atoms. The lowest BCUT2D eigenvalue weighted by Gasteiger charge is -2.21. The van der Waals surface area contributed by atoms with E-state index in [0.717, 1.165) is 38.6 Å². The molecule has 0 N–H and O–H groups in total. The zero-order valence-corrected chi connectivity index (χ0v) is 13.4. The molecule has 0 aromatic heterocycles. The van der Waals surface area contributed by atoms with Gasteiger partial charge in [-0.3, -0.25) is 15.1 Å². The maximum atomic E-state index is 10.8. The molecule has 1 aliphatic rings. The molecule has 21 heavy (non-hydrogen) atoms. The average Bonchev–Trinajstić information content (AvgIpc) is 2.88. The lowest BCUT2D eigenvalue weighted by molar-refractivity contribution is -0.484. The molecule has 1 fully saturated rings. The number of hydrogen-bond acceptors (Lipinski definition) is 5. The summed E-state index contributed by atoms with van der Waals surface area (Å²) >= 11 is 0. The van der Waals surface area contributed by atoms with Crippen LogP contribution in [0.4, 0.5) is 0 Å². The van der Waals surface area contributed by atoms with Crippen LogP contribution < -0.4 is 0 Å². The Labute approximate surface area is 127 Å². The molecule has 0 radical (unpaired) electrons. The first-order chi connectivity index (χ1) is 10.2. The Morgan fingerprint density at radius 1 is 1.48 bits per heavy atom. The highest BCUT2D eigenvalue weighted by Gasteiger charge is 2.23. The van der Waals surface area contributed by atoms with Crippen LogP contribution in [0.15, 0.2) is 5.10 Å². The van der Waals surface area contributed by atoms with Gasteiger partial charge in [0, 0.05) is 24.8 Å². The van der Waals surface area contributed by atoms with Crippen molar-refractivity contribution >= 4 is 6.21 Å². The SMILES string of the molecule is CCCCCCC(/C=N/N1CCC[C@H]1COC)C[N+](=O)[O-]. The van der Waals surface area contributed by atoms with Crippen molar-refractivity contribution in [2.75, 3.05) is 26.8 Å². The first-order valence-corrected chi connectivity index (χ1v) is 8.08. The van der Waals surface area contributed by atoms with Gasteiger partial charge >= 0.3 is 0 Å². The molecule has 0 aromatic rings. The minimum atomic E-state index is -0.229. The van der Waals surface area contributed by atoms with E-state index in [0.29, 0.717) is 12.6 Å². The number of unbranched alkanes of at least 4 members (excludes halogenated alkanes) is 3. The van der Waals surface area contributed by atoms with Gasteiger partial charge in [-0.1, -0.05) is 32.6 Å². The largest absolute Gasteiger partial charge is 0.382 e. The molecule has 6 heteroatoms. The zero-order chi connectivity index (χ0) is 15.5. The number of nitrogens with zero attached hydrogens (tertiary/aromatic N) is 3. The Morgan fingerprint density at radius 2 is 2.29 bits per heavy atom. The monoisotopic (exact) mass is 299 g/mol. The molecular weight excluding hydrogens is 270 g/mol. The lowest BCUT2D eigenvalue weighted by Crippen LogP contribution is -2.29. The summed E-state index contributed by atoms with van der Waals surface area (Å²) in [6.07, 6.45) is 9.42. The van der Waals surface area contributed by atoms with Crippen molar-refractivity contribution in [1.29, 1.82) is 0 Å². The second-order valence-corrected chi connectivity index (χ2v) is 5.80. The fourth-order valence-corrected chi connectivity index (χ4v) is 2.75. The third-order valence-electron chi connectivity index (χ3n) is 3.94. The Bertz CT molecular complexity index is 323. The predicted octanol–water partition coefficient (Wildman–Crippen LogP) is 2.95. The van der Waals surface area contributed by atoms with Gasteiger partial charge in [0.15, 0.2) is 0 Å². The summed E-state index contributed by atoms with van der Waals surface area (Å²) in [7, 11) is 1.70. The second-order valence-electron chi connectivity index (χ2n) is 5.80. The van der Waals surface area contributed by atoms with E-state index < -0.39 is 0 Å². The Hall–Kier alpha value is -1.17. The van der Waals surface area contributed by atoms with Gasteiger partial charge in [-0.05, 0) is 19.3 Å². The summed E-state index contributed by atoms with van der Waals surface area (Å²) in [5, 5.41) is 17.3. The third-order valence-corrected chi connectivity index (χ3v) is 3.94. The van der Waals surface area contributed by atoms with Gasteiger partial charge in [0.2, 0.25) is 6.54 Å². The molecule has 6 nitrogen and oxygen atoms in total. The highest BCUT2D eigenvalue weighted by Crippen LogP contribution is 2.18. The fourth-order valence-electron chi connectivity index (χ4n) is 2.75. The van der Waals surface area contributed by atoms with Crippen molar-refractivity contribution in [3.63, 3.8) is 0 Å². The van der Waals surface area contributed by atoms with E-state index in [1.807, 2.05) is 5.01 Å². The molecule has 0 spiro atoms. The number of ether oxygens (including phenoxy) is 1. The molecule has 1 saturated heterocycles. The van der Waals surface area contributed by atoms with Crippen LogP contribution in [0.1, 0.15) is 51.9 Å². The van der Waals surface area contributed by atoms with Crippen LogP contribution in [0.3, 0.4) is 0 Å². The number of rotatable bonds is 11. The van der Waals surface area contributed by atoms with Crippen molar-refractivity contribution in [3.05, 3.63) is 10.1 Å². The summed E-state index contributed by atoms with van der Waals surface area (Å²) < 4.78 is 5.20. The standard InChI is InChI=1S/C15H29N3O3/c1-3-4-5-6-8-14(12-18(19)20)11-16-17-10-7-9-15(17)13-21-2/h11,14-15H,3-10,12-13H2,1-2H3/b16-11+/t14?,15-/m0/s1. The van der Waals surface area contributed by atoms with E-state index >= 15 is 0 Å². The fraction of sp³-hybridized carbons (Fsp3) is 0.933. The zero-order valence-electron chi connectivity index (χ0n) is 13.4. The third kappa shape index (κ3) is 7.41. The van der Waals surface area contributed by atoms with E-state index in [9.17, 15) is 10.1 Å². The minimum absolute atomic E-state index is 0.0155. The number of nitro groups is 1. The Balaban J connectivity index is 2.45. The average molecular weight is 299 g/mol. The van der Waals surface area contributed by atoms with Crippen LogP contribution in [0.25, 0.3) is 0 Å². The van der Waals surface area contributed by atoms with Gasteiger partial charge in [-0.15, -0.1) is 0 Å². The molecule has 0 saturated carbocycles. The van der Waals surface area contributed by atoms with E-state index in [1.54, 1.807) is 13.3 Å². The van der Waals surface area contributed by atoms with Crippen LogP contribution in [-0.4, -0.2) is 49.0 Å². The van der Waals surface area contributed by atoms with Crippen molar-refractivity contribution in [2.24, 2.45) is 11.0 Å². The molecule has 0 amide bonds. The van der Waals surface area contributed by atoms with Gasteiger partial charge in [0.1, 0.15) is 0 Å². The maximum absolute atomic E-state index is 10.8. The Kier molecular flexibility index (Phi) is 8.98. The second kappa shape index (κ2) is 10.5. The van der Waals surface area contributed by atoms with Gasteiger partial charge in [-0.25, -0.2) is 0 Å². The molecule has 2 atom stereocenters. The summed E-state index contributed by atoms with van der Waals surface area (Å²) in [4.78, 5) is 10.5. The first-order valence-electron chi connectivity index (χ1n) is 8.08. The van der Waals surface area contributed by atoms with E-state index in [2.05, 4.69) is 12.0 Å². The molecular formula is C15H29N3O3. The van der Waals surface area contributed by atoms with Gasteiger partial charge in [-0.2, -0.15) is 5.10 Å². The molecule has 0 aromatic carbocycles. The first kappa shape index (κ1) is 17.9. The quantitative estimate of drug-likeness (QED) is 0.254. The van der Waals surface area contributed by atoms with Crippen LogP contribution in [0.2, 0.25) is 0 Å². The summed E-state index contributed by atoms with van der Waals surface area (Å²) in [6, 6.07) is 0.322. The molecule has 1 unspecified atom stereocenters. The molecule has 0 aliphatic carbocycles. The van der Waals surface area contributed by atoms with Crippen molar-refractivity contribution in [1.82, 2.24) is 5.01 Å². The van der Waals surface area contributed by atoms with Crippen molar-refractivity contribution in [3.8, 4) is 0 Å². The summed E-state index contributed by atoms with van der Waals surface area (Å²) in [5.74, 6) is -0.0550. The van der Waals surface area contributed by atoms with Gasteiger partial charge in [0.25, 0.3) is 0 Å². The Morgan fingerprint density at radius 3 is 2.95 bits per heavy atom. The summed E-state index contributed by atoms with van der Waals surface area (Å²) in [5.41, 5.74) is 0. The molecule has 1 rings (SSSR count). The van der Waals surface area contributed by atoms with Crippen LogP contribution >= 0.6 is 0 Å². The van der Waals surface area contributed by atoms with Crippen LogP contribution in [-0.2, 0) is 4.74 Å². The number of methoxy groups -OCH3 is 1. The lowest BCUT2D eigenvalue weighted by atomic mass is 10.0. The summed E-state index contributed by atoms with van der Waals surface area (Å²) in [6.45, 7) is 3.75. The van der Waals surface area contributed by atoms with Crippen molar-refractivity contribution < 1.29 is 9.66 Å².